The Morgan fingerprint density at radius 1 is 1.12 bits per heavy atom. The Morgan fingerprint density at radius 3 is 2.67 bits per heavy atom. The van der Waals surface area contributed by atoms with E-state index in [9.17, 15) is 15.3 Å². The number of hydrogen-bond acceptors (Lipinski definition) is 9. The Hall–Kier alpha value is -2.69. The molecular formula is C43H66N4O5. The topological polar surface area (TPSA) is 128 Å². The number of rotatable bonds is 19. The first-order valence-corrected chi connectivity index (χ1v) is 20.5. The highest BCUT2D eigenvalue weighted by Crippen LogP contribution is 2.61. The molecule has 0 amide bonds. The summed E-state index contributed by atoms with van der Waals surface area (Å²) in [5.74, 6) is 4.14. The van der Waals surface area contributed by atoms with E-state index in [1.807, 2.05) is 32.2 Å². The summed E-state index contributed by atoms with van der Waals surface area (Å²) in [6.07, 6.45) is 18.7. The van der Waals surface area contributed by atoms with Crippen LogP contribution in [0.5, 0.6) is 11.5 Å². The highest BCUT2D eigenvalue weighted by molar-refractivity contribution is 6.04. The summed E-state index contributed by atoms with van der Waals surface area (Å²) in [5, 5.41) is 41.9. The van der Waals surface area contributed by atoms with Gasteiger partial charge in [0.1, 0.15) is 18.2 Å². The maximum absolute atomic E-state index is 10.9. The number of nitrogens with one attached hydrogen (secondary N) is 3. The van der Waals surface area contributed by atoms with E-state index in [4.69, 9.17) is 14.5 Å². The third kappa shape index (κ3) is 8.81. The van der Waals surface area contributed by atoms with Gasteiger partial charge in [0.15, 0.2) is 23.3 Å². The Bertz CT molecular complexity index is 1400. The third-order valence-corrected chi connectivity index (χ3v) is 12.7. The van der Waals surface area contributed by atoms with E-state index in [2.05, 4.69) is 35.9 Å². The number of aliphatic hydroxyl groups is 2. The SMILES string of the molecule is CCCCC1OC(CCc2ccc(O)c(OC[C@H](NCC)[C+]3C=C4C(=N3)CC3(CCCC3)[C@@H]3CCC[C@@H]3[C@@H]4[C@H](CNC)NC[C@H](C)O)c2)=C[C-]1CO. The number of fused-ring (bicyclic) bond motifs is 3. The fraction of sp³-hybridized carbons (Fsp3) is 0.698. The largest absolute Gasteiger partial charge is 0.592 e. The Balaban J connectivity index is 1.19. The van der Waals surface area contributed by atoms with E-state index >= 15 is 0 Å². The van der Waals surface area contributed by atoms with Crippen molar-refractivity contribution < 1.29 is 24.8 Å². The highest BCUT2D eigenvalue weighted by atomic mass is 16.5. The number of aliphatic imine (C=N–C) groups is 1. The lowest BCUT2D eigenvalue weighted by Crippen LogP contribution is -2.49. The standard InChI is InChI=1S/C43H66N4O5/c1-5-7-13-40-30(26-48)21-31(52-40)16-14-29-15-17-39(50)41(20-29)51-27-38(45-6-2)35-22-33-36(47-35)23-43(18-8-9-19-43)34-12-10-11-32(34)42(33)37(25-44-4)46-24-28(3)49/h15,17,20-22,28,32,34,37-38,40,42,44-46,48-50H,5-14,16,18-19,23-27H2,1-4H3/t28-,32-,34+,37-,38-,40?,42-/m0/s1. The zero-order valence-electron chi connectivity index (χ0n) is 32.3. The first kappa shape index (κ1) is 39.0. The third-order valence-electron chi connectivity index (χ3n) is 12.7. The molecule has 0 radical (unpaired) electrons. The molecule has 3 aliphatic carbocycles. The monoisotopic (exact) mass is 719 g/mol. The second-order valence-electron chi connectivity index (χ2n) is 16.3. The summed E-state index contributed by atoms with van der Waals surface area (Å²) in [5.41, 5.74) is 4.06. The van der Waals surface area contributed by atoms with E-state index in [1.54, 1.807) is 6.07 Å². The van der Waals surface area contributed by atoms with E-state index in [-0.39, 0.29) is 30.5 Å². The Kier molecular flexibility index (Phi) is 13.6. The molecule has 5 aliphatic rings. The first-order chi connectivity index (χ1) is 25.3. The van der Waals surface area contributed by atoms with Gasteiger partial charge < -0.3 is 35.4 Å². The zero-order chi connectivity index (χ0) is 36.7. The van der Waals surface area contributed by atoms with Crippen LogP contribution in [-0.4, -0.2) is 85.2 Å². The van der Waals surface area contributed by atoms with Gasteiger partial charge in [-0.25, -0.2) is 0 Å². The van der Waals surface area contributed by atoms with Crippen LogP contribution < -0.4 is 20.7 Å². The average Bonchev–Trinajstić information content (AvgIpc) is 3.95. The quantitative estimate of drug-likeness (QED) is 0.0936. The van der Waals surface area contributed by atoms with Crippen LogP contribution in [0.3, 0.4) is 0 Å². The minimum absolute atomic E-state index is 0.0187. The molecule has 1 unspecified atom stereocenters. The van der Waals surface area contributed by atoms with Crippen molar-refractivity contribution in [2.24, 2.45) is 28.2 Å². The summed E-state index contributed by atoms with van der Waals surface area (Å²) < 4.78 is 12.6. The number of likely N-dealkylation sites (N-methyl/N-ethyl adjacent to an activating group) is 2. The molecule has 2 heterocycles. The van der Waals surface area contributed by atoms with Crippen molar-refractivity contribution in [3.8, 4) is 11.5 Å². The predicted octanol–water partition coefficient (Wildman–Crippen LogP) is 6.19. The fourth-order valence-corrected chi connectivity index (χ4v) is 10.3. The van der Waals surface area contributed by atoms with Gasteiger partial charge in [0.2, 0.25) is 0 Å². The summed E-state index contributed by atoms with van der Waals surface area (Å²) >= 11 is 0. The lowest BCUT2D eigenvalue weighted by molar-refractivity contribution is 0.102. The van der Waals surface area contributed by atoms with Crippen molar-refractivity contribution in [2.75, 3.05) is 39.9 Å². The number of allylic oxidation sites excluding steroid dienone is 1. The van der Waals surface area contributed by atoms with Crippen molar-refractivity contribution in [3.05, 3.63) is 59.2 Å². The van der Waals surface area contributed by atoms with Gasteiger partial charge in [-0.15, -0.1) is 4.99 Å². The van der Waals surface area contributed by atoms with Crippen molar-refractivity contribution in [1.29, 1.82) is 0 Å². The predicted molar refractivity (Wildman–Crippen MR) is 208 cm³/mol. The summed E-state index contributed by atoms with van der Waals surface area (Å²) in [4.78, 5) is 5.49. The number of hydrogen-bond donors (Lipinski definition) is 6. The van der Waals surface area contributed by atoms with Gasteiger partial charge >= 0.3 is 0 Å². The second-order valence-corrected chi connectivity index (χ2v) is 16.3. The normalized spacial score (nSPS) is 26.7. The number of aliphatic hydroxyl groups excluding tert-OH is 2. The molecule has 52 heavy (non-hydrogen) atoms. The van der Waals surface area contributed by atoms with E-state index in [1.165, 1.54) is 56.2 Å². The lowest BCUT2D eigenvalue weighted by Gasteiger charge is -2.39. The molecule has 0 aromatic heterocycles. The minimum Gasteiger partial charge on any atom is -0.592 e. The summed E-state index contributed by atoms with van der Waals surface area (Å²) in [6, 6.07) is 6.71. The second kappa shape index (κ2) is 18.1. The van der Waals surface area contributed by atoms with E-state index < -0.39 is 6.10 Å². The van der Waals surface area contributed by atoms with E-state index in [0.29, 0.717) is 36.2 Å². The molecule has 9 heteroatoms. The molecule has 1 aromatic rings. The van der Waals surface area contributed by atoms with Crippen molar-refractivity contribution in [1.82, 2.24) is 16.0 Å². The van der Waals surface area contributed by atoms with Crippen LogP contribution in [0.1, 0.15) is 103 Å². The van der Waals surface area contributed by atoms with Gasteiger partial charge in [0.25, 0.3) is 0 Å². The number of aryl methyl sites for hydroxylation is 1. The zero-order valence-corrected chi connectivity index (χ0v) is 32.3. The van der Waals surface area contributed by atoms with Crippen molar-refractivity contribution in [3.63, 3.8) is 0 Å². The van der Waals surface area contributed by atoms with Crippen molar-refractivity contribution in [2.45, 2.75) is 129 Å². The Morgan fingerprint density at radius 2 is 1.94 bits per heavy atom. The number of nitrogens with zero attached hydrogens (tertiary/aromatic N) is 1. The Labute approximate surface area is 313 Å². The fourth-order valence-electron chi connectivity index (χ4n) is 10.3. The molecule has 9 nitrogen and oxygen atoms in total. The van der Waals surface area contributed by atoms with Gasteiger partial charge in [-0.1, -0.05) is 64.2 Å². The number of ether oxygens (including phenoxy) is 2. The summed E-state index contributed by atoms with van der Waals surface area (Å²) in [6.45, 7) is 8.72. The molecule has 6 rings (SSSR count). The van der Waals surface area contributed by atoms with Crippen LogP contribution >= 0.6 is 0 Å². The lowest BCUT2D eigenvalue weighted by atomic mass is 9.65. The highest BCUT2D eigenvalue weighted by Gasteiger charge is 2.58. The number of phenolic OH excluding ortho intramolecular Hbond substituents is 1. The smallest absolute Gasteiger partial charge is 0.190 e. The van der Waals surface area contributed by atoms with E-state index in [0.717, 1.165) is 80.8 Å². The van der Waals surface area contributed by atoms with Crippen LogP contribution in [-0.2, 0) is 11.2 Å². The van der Waals surface area contributed by atoms with Crippen molar-refractivity contribution >= 4 is 5.71 Å². The van der Waals surface area contributed by atoms with Crippen LogP contribution in [0.2, 0.25) is 0 Å². The van der Waals surface area contributed by atoms with Gasteiger partial charge in [-0.05, 0) is 94.0 Å². The molecular weight excluding hydrogens is 652 g/mol. The van der Waals surface area contributed by atoms with Crippen LogP contribution in [0, 0.1) is 35.1 Å². The van der Waals surface area contributed by atoms with Crippen LogP contribution in [0.15, 0.2) is 46.7 Å². The number of aromatic hydroxyl groups is 1. The van der Waals surface area contributed by atoms with Gasteiger partial charge in [0, 0.05) is 31.8 Å². The first-order valence-electron chi connectivity index (χ1n) is 20.5. The molecule has 6 N–H and O–H groups in total. The molecule has 1 aromatic carbocycles. The minimum atomic E-state index is -0.405. The molecule has 0 bridgehead atoms. The molecule has 0 saturated heterocycles. The van der Waals surface area contributed by atoms with Crippen LogP contribution in [0.25, 0.3) is 0 Å². The molecule has 3 fully saturated rings. The molecule has 3 saturated carbocycles. The molecule has 1 spiro atoms. The molecule has 7 atom stereocenters. The van der Waals surface area contributed by atoms with Gasteiger partial charge in [0.05, 0.1) is 24.5 Å². The number of unbranched alkanes of at least 4 members (excludes halogenated alkanes) is 1. The number of benzene rings is 1. The van der Waals surface area contributed by atoms with Gasteiger partial charge in [-0.2, -0.15) is 12.0 Å². The van der Waals surface area contributed by atoms with Gasteiger partial charge in [-0.3, -0.25) is 5.32 Å². The summed E-state index contributed by atoms with van der Waals surface area (Å²) in [7, 11) is 2.03. The molecule has 2 aliphatic heterocycles. The van der Waals surface area contributed by atoms with Crippen LogP contribution in [0.4, 0.5) is 0 Å². The average molecular weight is 719 g/mol. The number of phenols is 1. The maximum Gasteiger partial charge on any atom is 0.190 e. The molecule has 288 valence electrons. The maximum atomic E-state index is 10.9.